The quantitative estimate of drug-likeness (QED) is 0.343. The Morgan fingerprint density at radius 3 is 2.57 bits per heavy atom. The van der Waals surface area contributed by atoms with Crippen LogP contribution in [0.2, 0.25) is 0 Å². The fraction of sp³-hybridized carbons (Fsp3) is 0.429. The Labute approximate surface area is 125 Å². The van der Waals surface area contributed by atoms with E-state index in [2.05, 4.69) is 16.6 Å². The maximum atomic E-state index is 13.3. The third-order valence-electron chi connectivity index (χ3n) is 2.14. The topological polar surface area (TPSA) is 18.5 Å². The zero-order valence-corrected chi connectivity index (χ0v) is 11.7. The lowest BCUT2D eigenvalue weighted by molar-refractivity contribution is -0.174. The molecule has 0 amide bonds. The van der Waals surface area contributed by atoms with Crippen LogP contribution in [0.1, 0.15) is 12.0 Å². The van der Waals surface area contributed by atoms with Gasteiger partial charge in [0.1, 0.15) is 18.2 Å². The Morgan fingerprint density at radius 1 is 1.14 bits per heavy atom. The van der Waals surface area contributed by atoms with Gasteiger partial charge in [-0.25, -0.2) is 4.39 Å². The second kappa shape index (κ2) is 8.75. The van der Waals surface area contributed by atoms with Crippen LogP contribution in [-0.2, 0) is 4.74 Å². The van der Waals surface area contributed by atoms with Gasteiger partial charge in [-0.1, -0.05) is 11.8 Å². The first-order valence-electron chi connectivity index (χ1n) is 6.03. The molecule has 0 N–H and O–H groups in total. The SMILES string of the molecule is Fc1cc(C#CCCl)cc(OCCCOCC(F)(F)F)c1. The fourth-order valence-electron chi connectivity index (χ4n) is 1.39. The highest BCUT2D eigenvalue weighted by molar-refractivity contribution is 6.19. The smallest absolute Gasteiger partial charge is 0.411 e. The van der Waals surface area contributed by atoms with Crippen LogP contribution in [0.4, 0.5) is 17.6 Å². The van der Waals surface area contributed by atoms with E-state index in [0.29, 0.717) is 5.56 Å². The summed E-state index contributed by atoms with van der Waals surface area (Å²) in [5.41, 5.74) is 0.416. The van der Waals surface area contributed by atoms with E-state index >= 15 is 0 Å². The minimum absolute atomic E-state index is 0.0895. The number of rotatable bonds is 6. The van der Waals surface area contributed by atoms with E-state index in [9.17, 15) is 17.6 Å². The minimum atomic E-state index is -4.33. The Morgan fingerprint density at radius 2 is 1.90 bits per heavy atom. The van der Waals surface area contributed by atoms with Crippen LogP contribution in [0.5, 0.6) is 5.75 Å². The highest BCUT2D eigenvalue weighted by Gasteiger charge is 2.27. The zero-order valence-electron chi connectivity index (χ0n) is 11.0. The molecule has 7 heteroatoms. The van der Waals surface area contributed by atoms with Gasteiger partial charge < -0.3 is 9.47 Å². The van der Waals surface area contributed by atoms with Gasteiger partial charge in [-0.05, 0) is 12.1 Å². The van der Waals surface area contributed by atoms with Gasteiger partial charge in [0.05, 0.1) is 19.1 Å². The fourth-order valence-corrected chi connectivity index (χ4v) is 1.46. The third-order valence-corrected chi connectivity index (χ3v) is 2.27. The number of hydrogen-bond donors (Lipinski definition) is 0. The van der Waals surface area contributed by atoms with Gasteiger partial charge >= 0.3 is 6.18 Å². The summed E-state index contributed by atoms with van der Waals surface area (Å²) >= 11 is 5.40. The van der Waals surface area contributed by atoms with Crippen LogP contribution in [0.3, 0.4) is 0 Å². The lowest BCUT2D eigenvalue weighted by Crippen LogP contribution is -2.18. The summed E-state index contributed by atoms with van der Waals surface area (Å²) in [5, 5.41) is 0. The van der Waals surface area contributed by atoms with Crippen LogP contribution < -0.4 is 4.74 Å². The maximum absolute atomic E-state index is 13.3. The second-order valence-electron chi connectivity index (χ2n) is 3.98. The molecule has 0 saturated carbocycles. The van der Waals surface area contributed by atoms with Crippen molar-refractivity contribution in [3.63, 3.8) is 0 Å². The molecule has 0 atom stereocenters. The van der Waals surface area contributed by atoms with Gasteiger partial charge in [0.2, 0.25) is 0 Å². The van der Waals surface area contributed by atoms with E-state index in [1.165, 1.54) is 18.2 Å². The molecule has 0 aliphatic carbocycles. The van der Waals surface area contributed by atoms with Crippen LogP contribution in [-0.4, -0.2) is 31.9 Å². The molecular formula is C14H13ClF4O2. The first kappa shape index (κ1) is 17.6. The largest absolute Gasteiger partial charge is 0.493 e. The molecule has 1 aromatic carbocycles. The lowest BCUT2D eigenvalue weighted by atomic mass is 10.2. The number of ether oxygens (including phenoxy) is 2. The average Bonchev–Trinajstić information content (AvgIpc) is 2.38. The molecule has 21 heavy (non-hydrogen) atoms. The average molecular weight is 325 g/mol. The Kier molecular flexibility index (Phi) is 7.34. The van der Waals surface area contributed by atoms with E-state index in [1.807, 2.05) is 0 Å². The standard InChI is InChI=1S/C14H13ClF4O2/c15-4-1-3-11-7-12(16)9-13(8-11)21-6-2-5-20-10-14(17,18)19/h7-9H,2,4-6,10H2. The summed E-state index contributed by atoms with van der Waals surface area (Å²) in [6.45, 7) is -1.26. The molecule has 0 spiro atoms. The second-order valence-corrected chi connectivity index (χ2v) is 4.25. The van der Waals surface area contributed by atoms with Crippen LogP contribution >= 0.6 is 11.6 Å². The van der Waals surface area contributed by atoms with Crippen LogP contribution in [0.15, 0.2) is 18.2 Å². The minimum Gasteiger partial charge on any atom is -0.493 e. The molecule has 0 radical (unpaired) electrons. The summed E-state index contributed by atoms with van der Waals surface area (Å²) < 4.78 is 58.3. The van der Waals surface area contributed by atoms with E-state index in [0.717, 1.165) is 0 Å². The molecule has 1 aromatic rings. The van der Waals surface area contributed by atoms with Crippen molar-refractivity contribution < 1.29 is 27.0 Å². The third kappa shape index (κ3) is 8.43. The summed E-state index contributed by atoms with van der Waals surface area (Å²) in [5.74, 6) is 5.10. The molecule has 116 valence electrons. The summed E-state index contributed by atoms with van der Waals surface area (Å²) in [6.07, 6.45) is -4.07. The molecule has 0 bridgehead atoms. The van der Waals surface area contributed by atoms with Gasteiger partial charge in [0, 0.05) is 18.1 Å². The molecule has 0 fully saturated rings. The zero-order chi connectivity index (χ0) is 15.7. The van der Waals surface area contributed by atoms with Crippen LogP contribution in [0.25, 0.3) is 0 Å². The van der Waals surface area contributed by atoms with Crippen molar-refractivity contribution in [1.29, 1.82) is 0 Å². The molecule has 0 saturated heterocycles. The molecule has 1 rings (SSSR count). The Balaban J connectivity index is 2.36. The van der Waals surface area contributed by atoms with Crippen molar-refractivity contribution in [3.05, 3.63) is 29.6 Å². The van der Waals surface area contributed by atoms with Crippen molar-refractivity contribution in [2.24, 2.45) is 0 Å². The molecule has 0 aromatic heterocycles. The van der Waals surface area contributed by atoms with E-state index in [1.54, 1.807) is 0 Å². The van der Waals surface area contributed by atoms with Crippen molar-refractivity contribution in [3.8, 4) is 17.6 Å². The molecule has 0 unspecified atom stereocenters. The first-order chi connectivity index (χ1) is 9.90. The first-order valence-corrected chi connectivity index (χ1v) is 6.57. The van der Waals surface area contributed by atoms with Crippen LogP contribution in [0, 0.1) is 17.7 Å². The lowest BCUT2D eigenvalue weighted by Gasteiger charge is -2.09. The number of alkyl halides is 4. The van der Waals surface area contributed by atoms with Gasteiger partial charge in [0.25, 0.3) is 0 Å². The number of benzene rings is 1. The molecular weight excluding hydrogens is 312 g/mol. The highest BCUT2D eigenvalue weighted by atomic mass is 35.5. The molecule has 0 aliphatic heterocycles. The van der Waals surface area contributed by atoms with Gasteiger partial charge in [-0.15, -0.1) is 11.6 Å². The van der Waals surface area contributed by atoms with Gasteiger partial charge in [-0.3, -0.25) is 0 Å². The van der Waals surface area contributed by atoms with E-state index < -0.39 is 18.6 Å². The van der Waals surface area contributed by atoms with Gasteiger partial charge in [0.15, 0.2) is 0 Å². The van der Waals surface area contributed by atoms with Gasteiger partial charge in [-0.2, -0.15) is 13.2 Å². The number of hydrogen-bond acceptors (Lipinski definition) is 2. The summed E-state index contributed by atoms with van der Waals surface area (Å²) in [6, 6.07) is 3.93. The van der Waals surface area contributed by atoms with Crippen molar-refractivity contribution in [2.45, 2.75) is 12.6 Å². The summed E-state index contributed by atoms with van der Waals surface area (Å²) in [4.78, 5) is 0. The van der Waals surface area contributed by atoms with Crippen molar-refractivity contribution >= 4 is 11.6 Å². The molecule has 0 heterocycles. The monoisotopic (exact) mass is 324 g/mol. The summed E-state index contributed by atoms with van der Waals surface area (Å²) in [7, 11) is 0. The number of halogens is 5. The van der Waals surface area contributed by atoms with Crippen molar-refractivity contribution in [1.82, 2.24) is 0 Å². The van der Waals surface area contributed by atoms with E-state index in [4.69, 9.17) is 16.3 Å². The maximum Gasteiger partial charge on any atom is 0.411 e. The molecule has 2 nitrogen and oxygen atoms in total. The predicted molar refractivity (Wildman–Crippen MR) is 71.0 cm³/mol. The van der Waals surface area contributed by atoms with Crippen molar-refractivity contribution in [2.75, 3.05) is 25.7 Å². The normalized spacial score (nSPS) is 10.9. The van der Waals surface area contributed by atoms with E-state index in [-0.39, 0.29) is 31.3 Å². The Hall–Kier alpha value is -1.45. The molecule has 0 aliphatic rings. The Bertz CT molecular complexity index is 506. The predicted octanol–water partition coefficient (Wildman–Crippen LogP) is 3.76. The highest BCUT2D eigenvalue weighted by Crippen LogP contribution is 2.17.